The van der Waals surface area contributed by atoms with E-state index in [1.807, 2.05) is 0 Å². The molecule has 0 atom stereocenters. The van der Waals surface area contributed by atoms with Crippen molar-refractivity contribution in [3.8, 4) is 5.75 Å². The average molecular weight is 288 g/mol. The number of aldehydes is 1. The molecule has 0 aliphatic heterocycles. The van der Waals surface area contributed by atoms with Crippen LogP contribution in [0.5, 0.6) is 5.75 Å². The Hall–Kier alpha value is -1.11. The van der Waals surface area contributed by atoms with Crippen LogP contribution in [0.2, 0.25) is 0 Å². The third-order valence-electron chi connectivity index (χ3n) is 1.74. The molecule has 0 radical (unpaired) electrons. The summed E-state index contributed by atoms with van der Waals surface area (Å²) in [7, 11) is 0. The monoisotopic (exact) mass is 288 g/mol. The molecule has 66 valence electrons. The van der Waals surface area contributed by atoms with E-state index >= 15 is 0 Å². The van der Waals surface area contributed by atoms with Crippen LogP contribution in [-0.2, 0) is 0 Å². The number of halogens is 1. The first-order chi connectivity index (χ1) is 6.22. The molecule has 2 N–H and O–H groups in total. The number of carbonyl (C=O) groups is 1. The summed E-state index contributed by atoms with van der Waals surface area (Å²) in [6.07, 6.45) is 0.717. The van der Waals surface area contributed by atoms with Gasteiger partial charge in [-0.25, -0.2) is 0 Å². The van der Waals surface area contributed by atoms with Crippen LogP contribution in [0, 0.1) is 3.57 Å². The molecule has 13 heavy (non-hydrogen) atoms. The molecule has 0 unspecified atom stereocenters. The molecule has 0 saturated heterocycles. The molecule has 0 spiro atoms. The molecule has 4 nitrogen and oxygen atoms in total. The van der Waals surface area contributed by atoms with Gasteiger partial charge in [-0.15, -0.1) is 0 Å². The van der Waals surface area contributed by atoms with Gasteiger partial charge >= 0.3 is 0 Å². The third-order valence-corrected chi connectivity index (χ3v) is 2.59. The van der Waals surface area contributed by atoms with Crippen molar-refractivity contribution in [2.24, 2.45) is 0 Å². The van der Waals surface area contributed by atoms with Crippen molar-refractivity contribution in [1.29, 1.82) is 0 Å². The highest BCUT2D eigenvalue weighted by Crippen LogP contribution is 2.26. The second-order valence-corrected chi connectivity index (χ2v) is 3.74. The van der Waals surface area contributed by atoms with Gasteiger partial charge in [0.15, 0.2) is 6.29 Å². The highest BCUT2D eigenvalue weighted by Gasteiger charge is 2.08. The molecule has 0 fully saturated rings. The molecule has 1 aromatic carbocycles. The predicted octanol–water partition coefficient (Wildman–Crippen LogP) is 1.69. The molecule has 0 saturated carbocycles. The molecule has 5 heteroatoms. The van der Waals surface area contributed by atoms with Crippen molar-refractivity contribution in [3.05, 3.63) is 21.4 Å². The minimum Gasteiger partial charge on any atom is -0.508 e. The zero-order chi connectivity index (χ0) is 9.42. The van der Waals surface area contributed by atoms with Crippen molar-refractivity contribution >= 4 is 39.8 Å². The van der Waals surface area contributed by atoms with Crippen LogP contribution >= 0.6 is 22.6 Å². The Morgan fingerprint density at radius 2 is 2.31 bits per heavy atom. The van der Waals surface area contributed by atoms with Crippen LogP contribution in [0.3, 0.4) is 0 Å². The summed E-state index contributed by atoms with van der Waals surface area (Å²) in [5.41, 5.74) is 1.05. The SMILES string of the molecule is O=Cc1[nH]nc2cc(O)cc(I)c12. The fourth-order valence-corrected chi connectivity index (χ4v) is 2.08. The number of rotatable bonds is 1. The summed E-state index contributed by atoms with van der Waals surface area (Å²) in [6, 6.07) is 3.10. The topological polar surface area (TPSA) is 66.0 Å². The van der Waals surface area contributed by atoms with E-state index < -0.39 is 0 Å². The lowest BCUT2D eigenvalue weighted by atomic mass is 10.2. The smallest absolute Gasteiger partial charge is 0.168 e. The Morgan fingerprint density at radius 3 is 3.00 bits per heavy atom. The lowest BCUT2D eigenvalue weighted by molar-refractivity contribution is 0.112. The Balaban J connectivity index is 2.89. The number of fused-ring (bicyclic) bond motifs is 1. The number of hydrogen-bond acceptors (Lipinski definition) is 3. The summed E-state index contributed by atoms with van der Waals surface area (Å²) in [5.74, 6) is 0.154. The van der Waals surface area contributed by atoms with E-state index in [1.54, 1.807) is 6.07 Å². The number of phenolic OH excluding ortho intramolecular Hbond substituents is 1. The van der Waals surface area contributed by atoms with Gasteiger partial charge in [0.1, 0.15) is 11.4 Å². The molecule has 1 aromatic heterocycles. The van der Waals surface area contributed by atoms with Crippen LogP contribution < -0.4 is 0 Å². The van der Waals surface area contributed by atoms with E-state index in [9.17, 15) is 9.90 Å². The van der Waals surface area contributed by atoms with Crippen LogP contribution in [0.4, 0.5) is 0 Å². The van der Waals surface area contributed by atoms with Gasteiger partial charge in [0.2, 0.25) is 0 Å². The Bertz CT molecular complexity index is 478. The standard InChI is InChI=1S/C8H5IN2O2/c9-5-1-4(13)2-6-8(5)7(3-12)11-10-6/h1-3,13H,(H,10,11). The quantitative estimate of drug-likeness (QED) is 0.620. The summed E-state index contributed by atoms with van der Waals surface area (Å²) >= 11 is 2.05. The molecule has 0 aliphatic carbocycles. The van der Waals surface area contributed by atoms with Crippen molar-refractivity contribution < 1.29 is 9.90 Å². The lowest BCUT2D eigenvalue weighted by Gasteiger charge is -1.95. The number of H-pyrrole nitrogens is 1. The molecular weight excluding hydrogens is 283 g/mol. The summed E-state index contributed by atoms with van der Waals surface area (Å²) < 4.78 is 0.809. The van der Waals surface area contributed by atoms with Crippen LogP contribution in [0.25, 0.3) is 10.9 Å². The van der Waals surface area contributed by atoms with E-state index in [1.165, 1.54) is 6.07 Å². The zero-order valence-electron chi connectivity index (χ0n) is 6.41. The van der Waals surface area contributed by atoms with Crippen LogP contribution in [-0.4, -0.2) is 21.6 Å². The largest absolute Gasteiger partial charge is 0.508 e. The number of aromatic amines is 1. The number of aromatic nitrogens is 2. The summed E-state index contributed by atoms with van der Waals surface area (Å²) in [6.45, 7) is 0. The minimum atomic E-state index is 0.154. The van der Waals surface area contributed by atoms with Crippen molar-refractivity contribution in [2.45, 2.75) is 0 Å². The fourth-order valence-electron chi connectivity index (χ4n) is 1.19. The van der Waals surface area contributed by atoms with Gasteiger partial charge in [-0.1, -0.05) is 0 Å². The van der Waals surface area contributed by atoms with Gasteiger partial charge in [0.25, 0.3) is 0 Å². The maximum absolute atomic E-state index is 10.6. The van der Waals surface area contributed by atoms with E-state index in [2.05, 4.69) is 32.8 Å². The van der Waals surface area contributed by atoms with Gasteiger partial charge in [0, 0.05) is 15.0 Å². The number of hydrogen-bond donors (Lipinski definition) is 2. The van der Waals surface area contributed by atoms with E-state index in [4.69, 9.17) is 0 Å². The molecule has 0 aliphatic rings. The first-order valence-electron chi connectivity index (χ1n) is 3.54. The number of nitrogens with one attached hydrogen (secondary N) is 1. The lowest BCUT2D eigenvalue weighted by Crippen LogP contribution is -1.81. The van der Waals surface area contributed by atoms with E-state index in [0.717, 1.165) is 8.96 Å². The van der Waals surface area contributed by atoms with Gasteiger partial charge in [0.05, 0.1) is 5.52 Å². The molecule has 0 bridgehead atoms. The van der Waals surface area contributed by atoms with Gasteiger partial charge < -0.3 is 5.11 Å². The summed E-state index contributed by atoms with van der Waals surface area (Å²) in [4.78, 5) is 10.6. The van der Waals surface area contributed by atoms with E-state index in [-0.39, 0.29) is 5.75 Å². The number of phenols is 1. The van der Waals surface area contributed by atoms with Crippen LogP contribution in [0.1, 0.15) is 10.5 Å². The average Bonchev–Trinajstić information content (AvgIpc) is 2.47. The molecule has 2 rings (SSSR count). The third kappa shape index (κ3) is 1.28. The maximum Gasteiger partial charge on any atom is 0.168 e. The van der Waals surface area contributed by atoms with Gasteiger partial charge in [-0.3, -0.25) is 9.89 Å². The van der Waals surface area contributed by atoms with Crippen molar-refractivity contribution in [2.75, 3.05) is 0 Å². The highest BCUT2D eigenvalue weighted by atomic mass is 127. The number of aromatic hydroxyl groups is 1. The molecule has 2 aromatic rings. The fraction of sp³-hybridized carbons (Fsp3) is 0. The second-order valence-electron chi connectivity index (χ2n) is 2.58. The zero-order valence-corrected chi connectivity index (χ0v) is 8.57. The number of benzene rings is 1. The molecule has 0 amide bonds. The Labute approximate surface area is 87.1 Å². The van der Waals surface area contributed by atoms with Gasteiger partial charge in [-0.2, -0.15) is 5.10 Å². The van der Waals surface area contributed by atoms with E-state index in [0.29, 0.717) is 17.5 Å². The Kier molecular flexibility index (Phi) is 1.95. The van der Waals surface area contributed by atoms with Crippen LogP contribution in [0.15, 0.2) is 12.1 Å². The summed E-state index contributed by atoms with van der Waals surface area (Å²) in [5, 5.41) is 16.5. The molecule has 1 heterocycles. The Morgan fingerprint density at radius 1 is 1.54 bits per heavy atom. The minimum absolute atomic E-state index is 0.154. The normalized spacial score (nSPS) is 10.5. The first kappa shape index (κ1) is 8.49. The van der Waals surface area contributed by atoms with Gasteiger partial charge in [-0.05, 0) is 28.7 Å². The first-order valence-corrected chi connectivity index (χ1v) is 4.62. The molecular formula is C8H5IN2O2. The van der Waals surface area contributed by atoms with Crippen molar-refractivity contribution in [3.63, 3.8) is 0 Å². The predicted molar refractivity (Wildman–Crippen MR) is 55.9 cm³/mol. The highest BCUT2D eigenvalue weighted by molar-refractivity contribution is 14.1. The second kappa shape index (κ2) is 2.99. The number of nitrogens with zero attached hydrogens (tertiary/aromatic N) is 1. The number of carbonyl (C=O) groups excluding carboxylic acids is 1. The maximum atomic E-state index is 10.6. The van der Waals surface area contributed by atoms with Crippen molar-refractivity contribution in [1.82, 2.24) is 10.2 Å².